The zero-order valence-corrected chi connectivity index (χ0v) is 19.3. The van der Waals surface area contributed by atoms with Crippen LogP contribution in [0.5, 0.6) is 11.5 Å². The molecule has 0 atom stereocenters. The third-order valence-electron chi connectivity index (χ3n) is 4.91. The van der Waals surface area contributed by atoms with Crippen LogP contribution in [0.3, 0.4) is 0 Å². The van der Waals surface area contributed by atoms with Crippen molar-refractivity contribution >= 4 is 34.9 Å². The number of rotatable bonds is 8. The van der Waals surface area contributed by atoms with Crippen molar-refractivity contribution in [3.63, 3.8) is 0 Å². The standard InChI is InChI=1S/C25H21Cl2N3O3/c1-32-21-8-10-22(11-9-21)33-16-17-2-4-18(5-3-17)25(31)28-24-12-13-30(29-24)15-19-6-7-20(26)14-23(19)27/h2-14H,15-16H2,1H3,(H,28,29,31). The molecular formula is C25H21Cl2N3O3. The Kier molecular flexibility index (Phi) is 7.17. The van der Waals surface area contributed by atoms with Crippen molar-refractivity contribution in [3.05, 3.63) is 106 Å². The van der Waals surface area contributed by atoms with Gasteiger partial charge in [-0.1, -0.05) is 41.4 Å². The van der Waals surface area contributed by atoms with Crippen LogP contribution in [0.2, 0.25) is 10.0 Å². The Balaban J connectivity index is 1.32. The Bertz CT molecular complexity index is 1240. The van der Waals surface area contributed by atoms with Gasteiger partial charge < -0.3 is 14.8 Å². The highest BCUT2D eigenvalue weighted by atomic mass is 35.5. The summed E-state index contributed by atoms with van der Waals surface area (Å²) in [5.41, 5.74) is 2.36. The van der Waals surface area contributed by atoms with Gasteiger partial charge in [-0.25, -0.2) is 0 Å². The number of nitrogens with zero attached hydrogens (tertiary/aromatic N) is 2. The summed E-state index contributed by atoms with van der Waals surface area (Å²) in [5, 5.41) is 8.35. The number of anilines is 1. The molecule has 1 N–H and O–H groups in total. The maximum absolute atomic E-state index is 12.6. The molecule has 0 saturated carbocycles. The summed E-state index contributed by atoms with van der Waals surface area (Å²) in [6.45, 7) is 0.862. The topological polar surface area (TPSA) is 65.4 Å². The molecule has 4 aromatic rings. The van der Waals surface area contributed by atoms with E-state index in [0.29, 0.717) is 34.6 Å². The highest BCUT2D eigenvalue weighted by Gasteiger charge is 2.10. The number of hydrogen-bond donors (Lipinski definition) is 1. The first kappa shape index (κ1) is 22.7. The molecule has 1 aromatic heterocycles. The number of halogens is 2. The van der Waals surface area contributed by atoms with Crippen LogP contribution in [0.25, 0.3) is 0 Å². The summed E-state index contributed by atoms with van der Waals surface area (Å²) in [7, 11) is 1.62. The lowest BCUT2D eigenvalue weighted by Crippen LogP contribution is -2.13. The van der Waals surface area contributed by atoms with Crippen LogP contribution >= 0.6 is 23.2 Å². The molecule has 0 bridgehead atoms. The van der Waals surface area contributed by atoms with Crippen molar-refractivity contribution in [2.24, 2.45) is 0 Å². The fourth-order valence-electron chi connectivity index (χ4n) is 3.12. The van der Waals surface area contributed by atoms with Gasteiger partial charge in [-0.15, -0.1) is 0 Å². The Morgan fingerprint density at radius 3 is 2.39 bits per heavy atom. The van der Waals surface area contributed by atoms with Gasteiger partial charge in [0.15, 0.2) is 5.82 Å². The molecule has 3 aromatic carbocycles. The van der Waals surface area contributed by atoms with Gasteiger partial charge in [0.05, 0.1) is 13.7 Å². The Morgan fingerprint density at radius 1 is 0.970 bits per heavy atom. The fraction of sp³-hybridized carbons (Fsp3) is 0.120. The molecule has 0 fully saturated rings. The molecule has 0 aliphatic carbocycles. The van der Waals surface area contributed by atoms with Crippen molar-refractivity contribution in [1.29, 1.82) is 0 Å². The predicted molar refractivity (Wildman–Crippen MR) is 130 cm³/mol. The van der Waals surface area contributed by atoms with Crippen LogP contribution in [0, 0.1) is 0 Å². The third-order valence-corrected chi connectivity index (χ3v) is 5.50. The van der Waals surface area contributed by atoms with E-state index in [9.17, 15) is 4.79 Å². The monoisotopic (exact) mass is 481 g/mol. The third kappa shape index (κ3) is 6.06. The van der Waals surface area contributed by atoms with E-state index in [0.717, 1.165) is 22.6 Å². The van der Waals surface area contributed by atoms with Crippen molar-refractivity contribution in [1.82, 2.24) is 9.78 Å². The van der Waals surface area contributed by atoms with Crippen LogP contribution in [0.15, 0.2) is 79.0 Å². The molecule has 168 valence electrons. The van der Waals surface area contributed by atoms with Crippen LogP contribution in [-0.4, -0.2) is 22.8 Å². The smallest absolute Gasteiger partial charge is 0.256 e. The number of carbonyl (C=O) groups excluding carboxylic acids is 1. The molecular weight excluding hydrogens is 461 g/mol. The zero-order chi connectivity index (χ0) is 23.2. The highest BCUT2D eigenvalue weighted by molar-refractivity contribution is 6.35. The summed E-state index contributed by atoms with van der Waals surface area (Å²) in [6.07, 6.45) is 1.78. The lowest BCUT2D eigenvalue weighted by molar-refractivity contribution is 0.102. The average molecular weight is 482 g/mol. The van der Waals surface area contributed by atoms with E-state index >= 15 is 0 Å². The number of aromatic nitrogens is 2. The average Bonchev–Trinajstić information content (AvgIpc) is 3.27. The van der Waals surface area contributed by atoms with Gasteiger partial charge in [-0.05, 0) is 59.7 Å². The van der Waals surface area contributed by atoms with Crippen molar-refractivity contribution in [3.8, 4) is 11.5 Å². The summed E-state index contributed by atoms with van der Waals surface area (Å²) in [4.78, 5) is 12.6. The van der Waals surface area contributed by atoms with Crippen molar-refractivity contribution < 1.29 is 14.3 Å². The quantitative estimate of drug-likeness (QED) is 0.331. The first-order valence-corrected chi connectivity index (χ1v) is 10.9. The number of ether oxygens (including phenoxy) is 2. The molecule has 0 aliphatic rings. The molecule has 6 nitrogen and oxygen atoms in total. The van der Waals surface area contributed by atoms with Gasteiger partial charge in [0.2, 0.25) is 0 Å². The van der Waals surface area contributed by atoms with E-state index in [1.54, 1.807) is 48.3 Å². The first-order valence-electron chi connectivity index (χ1n) is 10.1. The lowest BCUT2D eigenvalue weighted by Gasteiger charge is -2.08. The Hall–Kier alpha value is -3.48. The molecule has 8 heteroatoms. The van der Waals surface area contributed by atoms with Gasteiger partial charge in [0.25, 0.3) is 5.91 Å². The molecule has 0 spiro atoms. The number of nitrogens with one attached hydrogen (secondary N) is 1. The van der Waals surface area contributed by atoms with E-state index in [1.165, 1.54) is 0 Å². The minimum Gasteiger partial charge on any atom is -0.497 e. The van der Waals surface area contributed by atoms with E-state index in [-0.39, 0.29) is 5.91 Å². The number of carbonyl (C=O) groups is 1. The van der Waals surface area contributed by atoms with E-state index < -0.39 is 0 Å². The van der Waals surface area contributed by atoms with Crippen LogP contribution in [0.4, 0.5) is 5.82 Å². The molecule has 1 amide bonds. The molecule has 0 unspecified atom stereocenters. The van der Waals surface area contributed by atoms with Gasteiger partial charge in [0.1, 0.15) is 18.1 Å². The Labute approximate surface area is 201 Å². The number of benzene rings is 3. The molecule has 33 heavy (non-hydrogen) atoms. The Morgan fingerprint density at radius 2 is 1.70 bits per heavy atom. The second-order valence-electron chi connectivity index (χ2n) is 7.25. The minimum atomic E-state index is -0.243. The maximum Gasteiger partial charge on any atom is 0.256 e. The number of hydrogen-bond acceptors (Lipinski definition) is 4. The van der Waals surface area contributed by atoms with Crippen molar-refractivity contribution in [2.75, 3.05) is 12.4 Å². The summed E-state index contributed by atoms with van der Waals surface area (Å²) in [5.74, 6) is 1.73. The highest BCUT2D eigenvalue weighted by Crippen LogP contribution is 2.22. The van der Waals surface area contributed by atoms with Crippen LogP contribution < -0.4 is 14.8 Å². The van der Waals surface area contributed by atoms with E-state index in [1.807, 2.05) is 42.5 Å². The summed E-state index contributed by atoms with van der Waals surface area (Å²) < 4.78 is 12.6. The predicted octanol–water partition coefficient (Wildman–Crippen LogP) is 6.08. The maximum atomic E-state index is 12.6. The van der Waals surface area contributed by atoms with E-state index in [2.05, 4.69) is 10.4 Å². The molecule has 1 heterocycles. The molecule has 4 rings (SSSR count). The second kappa shape index (κ2) is 10.4. The lowest BCUT2D eigenvalue weighted by atomic mass is 10.1. The van der Waals surface area contributed by atoms with Crippen LogP contribution in [-0.2, 0) is 13.2 Å². The summed E-state index contributed by atoms with van der Waals surface area (Å²) in [6, 6.07) is 21.7. The number of amides is 1. The van der Waals surface area contributed by atoms with Gasteiger partial charge in [0, 0.05) is 27.9 Å². The molecule has 0 radical (unpaired) electrons. The normalized spacial score (nSPS) is 10.6. The SMILES string of the molecule is COc1ccc(OCc2ccc(C(=O)Nc3ccn(Cc4ccc(Cl)cc4Cl)n3)cc2)cc1. The van der Waals surface area contributed by atoms with E-state index in [4.69, 9.17) is 32.7 Å². The number of methoxy groups -OCH3 is 1. The summed E-state index contributed by atoms with van der Waals surface area (Å²) >= 11 is 12.2. The largest absolute Gasteiger partial charge is 0.497 e. The van der Waals surface area contributed by atoms with Gasteiger partial charge in [-0.2, -0.15) is 5.10 Å². The van der Waals surface area contributed by atoms with Gasteiger partial charge >= 0.3 is 0 Å². The first-order chi connectivity index (χ1) is 16.0. The zero-order valence-electron chi connectivity index (χ0n) is 17.8. The second-order valence-corrected chi connectivity index (χ2v) is 8.09. The molecule has 0 aliphatic heterocycles. The van der Waals surface area contributed by atoms with Gasteiger partial charge in [-0.3, -0.25) is 9.48 Å². The van der Waals surface area contributed by atoms with Crippen LogP contribution in [0.1, 0.15) is 21.5 Å². The molecule has 0 saturated heterocycles. The fourth-order valence-corrected chi connectivity index (χ4v) is 3.59. The van der Waals surface area contributed by atoms with Crippen molar-refractivity contribution in [2.45, 2.75) is 13.2 Å². The minimum absolute atomic E-state index is 0.243.